The van der Waals surface area contributed by atoms with Crippen LogP contribution in [0.5, 0.6) is 0 Å². The Morgan fingerprint density at radius 2 is 1.04 bits per heavy atom. The van der Waals surface area contributed by atoms with Gasteiger partial charge in [0.05, 0.1) is 40.3 Å². The predicted octanol–water partition coefficient (Wildman–Crippen LogP) is 6.90. The topological polar surface area (TPSA) is 102 Å². The number of aliphatic carboxylic acids is 1. The zero-order chi connectivity index (χ0) is 35.0. The van der Waals surface area contributed by atoms with E-state index in [0.717, 1.165) is 44.9 Å². The average molecular weight is 656 g/mol. The lowest BCUT2D eigenvalue weighted by Crippen LogP contribution is -2.55. The molecule has 0 bridgehead atoms. The van der Waals surface area contributed by atoms with Gasteiger partial charge in [-0.05, 0) is 57.8 Å². The molecular formula is C39H61NO7. The number of hydrogen-bond donors (Lipinski definition) is 0. The first kappa shape index (κ1) is 43.5. The van der Waals surface area contributed by atoms with E-state index in [1.54, 1.807) is 21.1 Å². The molecule has 0 aromatic rings. The molecule has 0 aliphatic heterocycles. The Morgan fingerprint density at radius 3 is 1.47 bits per heavy atom. The molecule has 0 aromatic heterocycles. The summed E-state index contributed by atoms with van der Waals surface area (Å²) in [6, 6.07) is -0.747. The van der Waals surface area contributed by atoms with Crippen LogP contribution in [0.4, 0.5) is 0 Å². The van der Waals surface area contributed by atoms with Crippen molar-refractivity contribution in [1.29, 1.82) is 0 Å². The van der Waals surface area contributed by atoms with Crippen LogP contribution in [0.15, 0.2) is 85.1 Å². The van der Waals surface area contributed by atoms with Gasteiger partial charge in [-0.2, -0.15) is 0 Å². The standard InChI is InChI=1S/C39H61NO7/c1-6-8-10-12-14-15-16-17-18-19-20-21-22-24-26-28-30-38(42)47-35(33-45-32-31-36(39(43)44)40(3,4)5)34-46-37(41)29-27-25-23-13-11-9-7-2/h8-11,14-15,17-18,20-21,23-26,35-36H,6-7,12-13,16,19,22,27-34H2,1-5H3/b10-8+,11-9+,15-14+,18-17+,21-20+,25-23+,26-24+. The van der Waals surface area contributed by atoms with Crippen molar-refractivity contribution in [3.63, 3.8) is 0 Å². The molecule has 0 saturated carbocycles. The lowest BCUT2D eigenvalue weighted by Gasteiger charge is -2.34. The van der Waals surface area contributed by atoms with Crippen molar-refractivity contribution in [1.82, 2.24) is 0 Å². The third-order valence-electron chi connectivity index (χ3n) is 6.80. The number of esters is 2. The van der Waals surface area contributed by atoms with Crippen LogP contribution in [0, 0.1) is 0 Å². The van der Waals surface area contributed by atoms with Crippen LogP contribution < -0.4 is 5.11 Å². The Balaban J connectivity index is 4.64. The fraction of sp³-hybridized carbons (Fsp3) is 0.564. The predicted molar refractivity (Wildman–Crippen MR) is 189 cm³/mol. The quantitative estimate of drug-likeness (QED) is 0.0391. The number of rotatable bonds is 28. The van der Waals surface area contributed by atoms with Crippen molar-refractivity contribution < 1.29 is 38.2 Å². The number of carbonyl (C=O) groups excluding carboxylic acids is 3. The fourth-order valence-electron chi connectivity index (χ4n) is 4.18. The first-order chi connectivity index (χ1) is 22.6. The molecule has 0 aliphatic rings. The summed E-state index contributed by atoms with van der Waals surface area (Å²) in [5.74, 6) is -1.96. The van der Waals surface area contributed by atoms with Crippen molar-refractivity contribution in [3.8, 4) is 0 Å². The summed E-state index contributed by atoms with van der Waals surface area (Å²) in [7, 11) is 5.33. The van der Waals surface area contributed by atoms with Gasteiger partial charge in [-0.25, -0.2) is 0 Å². The summed E-state index contributed by atoms with van der Waals surface area (Å²) in [5, 5.41) is 11.5. The van der Waals surface area contributed by atoms with Gasteiger partial charge in [0.2, 0.25) is 0 Å². The highest BCUT2D eigenvalue weighted by Crippen LogP contribution is 2.09. The van der Waals surface area contributed by atoms with Crippen molar-refractivity contribution in [2.75, 3.05) is 41.0 Å². The van der Waals surface area contributed by atoms with Crippen LogP contribution in [-0.2, 0) is 28.6 Å². The summed E-state index contributed by atoms with van der Waals surface area (Å²) >= 11 is 0. The van der Waals surface area contributed by atoms with Gasteiger partial charge < -0.3 is 28.6 Å². The number of hydrogen-bond acceptors (Lipinski definition) is 7. The van der Waals surface area contributed by atoms with E-state index in [1.807, 2.05) is 24.3 Å². The van der Waals surface area contributed by atoms with Crippen molar-refractivity contribution in [2.45, 2.75) is 103 Å². The largest absolute Gasteiger partial charge is 0.544 e. The lowest BCUT2D eigenvalue weighted by molar-refractivity contribution is -0.889. The van der Waals surface area contributed by atoms with E-state index in [2.05, 4.69) is 74.6 Å². The Kier molecular flexibility index (Phi) is 27.7. The summed E-state index contributed by atoms with van der Waals surface area (Å²) in [6.07, 6.45) is 36.7. The van der Waals surface area contributed by atoms with Gasteiger partial charge in [0.25, 0.3) is 0 Å². The van der Waals surface area contributed by atoms with Crippen LogP contribution in [0.1, 0.15) is 90.9 Å². The summed E-state index contributed by atoms with van der Waals surface area (Å²) < 4.78 is 16.8. The highest BCUT2D eigenvalue weighted by Gasteiger charge is 2.25. The Hall–Kier alpha value is -3.49. The first-order valence-electron chi connectivity index (χ1n) is 17.1. The number of nitrogens with zero attached hydrogens (tertiary/aromatic N) is 1. The maximum Gasteiger partial charge on any atom is 0.306 e. The average Bonchev–Trinajstić information content (AvgIpc) is 3.01. The molecule has 8 nitrogen and oxygen atoms in total. The highest BCUT2D eigenvalue weighted by molar-refractivity contribution is 5.70. The van der Waals surface area contributed by atoms with Crippen LogP contribution in [-0.4, -0.2) is 75.5 Å². The number of carboxylic acids is 1. The van der Waals surface area contributed by atoms with E-state index < -0.39 is 24.1 Å². The van der Waals surface area contributed by atoms with Gasteiger partial charge in [-0.15, -0.1) is 0 Å². The number of allylic oxidation sites excluding steroid dienone is 14. The summed E-state index contributed by atoms with van der Waals surface area (Å²) in [4.78, 5) is 36.3. The summed E-state index contributed by atoms with van der Waals surface area (Å²) in [5.41, 5.74) is 0. The zero-order valence-electron chi connectivity index (χ0n) is 29.6. The maximum absolute atomic E-state index is 12.5. The fourth-order valence-corrected chi connectivity index (χ4v) is 4.18. The molecule has 0 aliphatic carbocycles. The minimum absolute atomic E-state index is 0.0126. The third-order valence-corrected chi connectivity index (χ3v) is 6.80. The second kappa shape index (κ2) is 29.9. The molecule has 0 N–H and O–H groups in total. The maximum atomic E-state index is 12.5. The van der Waals surface area contributed by atoms with Crippen molar-refractivity contribution in [2.24, 2.45) is 0 Å². The lowest BCUT2D eigenvalue weighted by atomic mass is 10.1. The van der Waals surface area contributed by atoms with Crippen LogP contribution in [0.2, 0.25) is 0 Å². The Morgan fingerprint density at radius 1 is 0.617 bits per heavy atom. The van der Waals surface area contributed by atoms with E-state index in [4.69, 9.17) is 14.2 Å². The third kappa shape index (κ3) is 28.5. The first-order valence-corrected chi connectivity index (χ1v) is 17.1. The van der Waals surface area contributed by atoms with E-state index in [0.29, 0.717) is 12.8 Å². The van der Waals surface area contributed by atoms with Crippen LogP contribution in [0.25, 0.3) is 0 Å². The smallest absolute Gasteiger partial charge is 0.306 e. The monoisotopic (exact) mass is 655 g/mol. The number of likely N-dealkylation sites (N-methyl/N-ethyl adjacent to an activating group) is 1. The van der Waals surface area contributed by atoms with Gasteiger partial charge in [-0.3, -0.25) is 9.59 Å². The normalized spacial score (nSPS) is 14.1. The van der Waals surface area contributed by atoms with Gasteiger partial charge >= 0.3 is 11.9 Å². The van der Waals surface area contributed by atoms with E-state index in [-0.39, 0.29) is 49.5 Å². The number of carboxylic acid groups (broad SMARTS) is 1. The molecule has 0 spiro atoms. The van der Waals surface area contributed by atoms with Crippen molar-refractivity contribution in [3.05, 3.63) is 85.1 Å². The van der Waals surface area contributed by atoms with E-state index >= 15 is 0 Å². The molecule has 0 amide bonds. The molecule has 264 valence electrons. The molecule has 47 heavy (non-hydrogen) atoms. The summed E-state index contributed by atoms with van der Waals surface area (Å²) in [6.45, 7) is 4.20. The van der Waals surface area contributed by atoms with Gasteiger partial charge in [-0.1, -0.05) is 98.9 Å². The Labute approximate surface area is 284 Å². The van der Waals surface area contributed by atoms with Crippen LogP contribution >= 0.6 is 0 Å². The molecular weight excluding hydrogens is 594 g/mol. The molecule has 0 rings (SSSR count). The Bertz CT molecular complexity index is 1040. The van der Waals surface area contributed by atoms with Crippen LogP contribution in [0.3, 0.4) is 0 Å². The molecule has 2 atom stereocenters. The number of ether oxygens (including phenoxy) is 3. The molecule has 0 saturated heterocycles. The SMILES string of the molecule is CC/C=C/C/C=C/C/C=C/C/C=C/C/C=C/CCC(=O)OC(COCCC(C(=O)[O-])[N+](C)(C)C)COC(=O)CC/C=C/C/C=C/CC. The molecule has 2 unspecified atom stereocenters. The molecule has 0 radical (unpaired) electrons. The molecule has 0 aromatic carbocycles. The minimum atomic E-state index is -1.15. The van der Waals surface area contributed by atoms with E-state index in [9.17, 15) is 19.5 Å². The molecule has 8 heteroatoms. The van der Waals surface area contributed by atoms with Gasteiger partial charge in [0.1, 0.15) is 12.6 Å². The van der Waals surface area contributed by atoms with Crippen molar-refractivity contribution >= 4 is 17.9 Å². The second-order valence-corrected chi connectivity index (χ2v) is 12.0. The van der Waals surface area contributed by atoms with E-state index in [1.165, 1.54) is 0 Å². The zero-order valence-corrected chi connectivity index (χ0v) is 29.6. The molecule has 0 heterocycles. The highest BCUT2D eigenvalue weighted by atomic mass is 16.6. The molecule has 0 fully saturated rings. The number of quaternary nitrogens is 1. The number of carbonyl (C=O) groups is 3. The van der Waals surface area contributed by atoms with Gasteiger partial charge in [0, 0.05) is 19.3 Å². The second-order valence-electron chi connectivity index (χ2n) is 12.0. The minimum Gasteiger partial charge on any atom is -0.544 e. The van der Waals surface area contributed by atoms with Gasteiger partial charge in [0.15, 0.2) is 6.10 Å².